The third-order valence-corrected chi connectivity index (χ3v) is 3.63. The molecule has 1 aliphatic heterocycles. The average molecular weight is 334 g/mol. The first-order valence-electron chi connectivity index (χ1n) is 8.29. The highest BCUT2D eigenvalue weighted by Crippen LogP contribution is 2.21. The van der Waals surface area contributed by atoms with E-state index in [9.17, 15) is 9.59 Å². The predicted octanol–water partition coefficient (Wildman–Crippen LogP) is 1.98. The first-order chi connectivity index (χ1) is 11.3. The van der Waals surface area contributed by atoms with Crippen molar-refractivity contribution in [1.82, 2.24) is 5.32 Å². The molecule has 0 aromatic heterocycles. The predicted molar refractivity (Wildman–Crippen MR) is 92.2 cm³/mol. The molecule has 2 rings (SSSR count). The average Bonchev–Trinajstić information content (AvgIpc) is 2.53. The Bertz CT molecular complexity index is 578. The van der Waals surface area contributed by atoms with Crippen LogP contribution in [0.2, 0.25) is 0 Å². The van der Waals surface area contributed by atoms with E-state index >= 15 is 0 Å². The van der Waals surface area contributed by atoms with Crippen LogP contribution >= 0.6 is 0 Å². The maximum absolute atomic E-state index is 12.5. The second kappa shape index (κ2) is 7.66. The number of anilines is 1. The molecular weight excluding hydrogens is 308 g/mol. The van der Waals surface area contributed by atoms with E-state index in [-0.39, 0.29) is 18.0 Å². The van der Waals surface area contributed by atoms with Gasteiger partial charge in [-0.3, -0.25) is 0 Å². The van der Waals surface area contributed by atoms with Crippen LogP contribution in [0.1, 0.15) is 38.1 Å². The number of benzene rings is 1. The topological polar surface area (TPSA) is 67.9 Å². The minimum atomic E-state index is -0.520. The number of hydrogen-bond donors (Lipinski definition) is 1. The van der Waals surface area contributed by atoms with Crippen molar-refractivity contribution < 1.29 is 19.1 Å². The molecule has 1 atom stereocenters. The molecule has 1 aliphatic rings. The number of ether oxygens (including phenoxy) is 2. The summed E-state index contributed by atoms with van der Waals surface area (Å²) in [5.74, 6) is -0.586. The van der Waals surface area contributed by atoms with Gasteiger partial charge in [0.2, 0.25) is 0 Å². The van der Waals surface area contributed by atoms with Crippen molar-refractivity contribution in [2.45, 2.75) is 39.3 Å². The van der Waals surface area contributed by atoms with Crippen LogP contribution in [-0.2, 0) is 14.3 Å². The van der Waals surface area contributed by atoms with Gasteiger partial charge < -0.3 is 19.7 Å². The van der Waals surface area contributed by atoms with E-state index in [1.807, 2.05) is 37.8 Å². The summed E-state index contributed by atoms with van der Waals surface area (Å²) in [4.78, 5) is 26.2. The molecule has 0 aliphatic carbocycles. The smallest absolute Gasteiger partial charge is 0.338 e. The Labute approximate surface area is 143 Å². The van der Waals surface area contributed by atoms with E-state index in [0.717, 1.165) is 12.2 Å². The lowest BCUT2D eigenvalue weighted by Gasteiger charge is -2.37. The standard InChI is InChI=1S/C18H26N2O4/c1-5-23-16(21)13-6-8-14(9-7-13)20-11-10-19-12-15(20)17(22)24-18(2,3)4/h6-9,15,19H,5,10-12H2,1-4H3. The summed E-state index contributed by atoms with van der Waals surface area (Å²) in [5, 5.41) is 3.23. The van der Waals surface area contributed by atoms with Gasteiger partial charge in [0.15, 0.2) is 0 Å². The third-order valence-electron chi connectivity index (χ3n) is 3.63. The van der Waals surface area contributed by atoms with E-state index < -0.39 is 5.60 Å². The zero-order valence-corrected chi connectivity index (χ0v) is 14.8. The Morgan fingerprint density at radius 3 is 2.50 bits per heavy atom. The van der Waals surface area contributed by atoms with Crippen LogP contribution in [0.25, 0.3) is 0 Å². The van der Waals surface area contributed by atoms with Gasteiger partial charge in [-0.15, -0.1) is 0 Å². The fourth-order valence-corrected chi connectivity index (χ4v) is 2.60. The quantitative estimate of drug-likeness (QED) is 0.849. The molecule has 1 N–H and O–H groups in total. The zero-order chi connectivity index (χ0) is 17.7. The first-order valence-corrected chi connectivity index (χ1v) is 8.29. The molecule has 0 radical (unpaired) electrons. The Hall–Kier alpha value is -2.08. The van der Waals surface area contributed by atoms with Crippen LogP contribution in [0.3, 0.4) is 0 Å². The maximum Gasteiger partial charge on any atom is 0.338 e. The van der Waals surface area contributed by atoms with Crippen molar-refractivity contribution in [3.05, 3.63) is 29.8 Å². The fourth-order valence-electron chi connectivity index (χ4n) is 2.60. The summed E-state index contributed by atoms with van der Waals surface area (Å²) in [5.41, 5.74) is 0.874. The Balaban J connectivity index is 2.15. The highest BCUT2D eigenvalue weighted by Gasteiger charge is 2.32. The lowest BCUT2D eigenvalue weighted by atomic mass is 10.1. The molecular formula is C18H26N2O4. The molecule has 0 amide bonds. The minimum Gasteiger partial charge on any atom is -0.462 e. The molecule has 1 fully saturated rings. The number of nitrogens with one attached hydrogen (secondary N) is 1. The number of esters is 2. The van der Waals surface area contributed by atoms with Crippen LogP contribution in [0.4, 0.5) is 5.69 Å². The normalized spacial score (nSPS) is 18.2. The van der Waals surface area contributed by atoms with Gasteiger partial charge in [-0.2, -0.15) is 0 Å². The van der Waals surface area contributed by atoms with Gasteiger partial charge in [0.05, 0.1) is 12.2 Å². The SMILES string of the molecule is CCOC(=O)c1ccc(N2CCNCC2C(=O)OC(C)(C)C)cc1. The highest BCUT2D eigenvalue weighted by atomic mass is 16.6. The van der Waals surface area contributed by atoms with E-state index in [1.54, 1.807) is 19.1 Å². The molecule has 1 aromatic rings. The van der Waals surface area contributed by atoms with Gasteiger partial charge in [0, 0.05) is 25.3 Å². The van der Waals surface area contributed by atoms with E-state index in [1.165, 1.54) is 0 Å². The summed E-state index contributed by atoms with van der Waals surface area (Å²) in [6, 6.07) is 6.75. The number of rotatable bonds is 4. The van der Waals surface area contributed by atoms with Crippen LogP contribution in [-0.4, -0.2) is 49.8 Å². The van der Waals surface area contributed by atoms with Crippen molar-refractivity contribution in [2.24, 2.45) is 0 Å². The van der Waals surface area contributed by atoms with Crippen LogP contribution < -0.4 is 10.2 Å². The summed E-state index contributed by atoms with van der Waals surface area (Å²) in [6.45, 7) is 9.73. The maximum atomic E-state index is 12.5. The highest BCUT2D eigenvalue weighted by molar-refractivity contribution is 5.90. The van der Waals surface area contributed by atoms with Crippen LogP contribution in [0, 0.1) is 0 Å². The summed E-state index contributed by atoms with van der Waals surface area (Å²) in [7, 11) is 0. The summed E-state index contributed by atoms with van der Waals surface area (Å²) in [6.07, 6.45) is 0. The second-order valence-electron chi connectivity index (χ2n) is 6.71. The van der Waals surface area contributed by atoms with E-state index in [2.05, 4.69) is 5.32 Å². The number of nitrogens with zero attached hydrogens (tertiary/aromatic N) is 1. The van der Waals surface area contributed by atoms with E-state index in [0.29, 0.717) is 25.3 Å². The molecule has 6 heteroatoms. The molecule has 0 saturated carbocycles. The first kappa shape index (κ1) is 18.3. The molecule has 1 aromatic carbocycles. The largest absolute Gasteiger partial charge is 0.462 e. The van der Waals surface area contributed by atoms with Gasteiger partial charge in [0.25, 0.3) is 0 Å². The van der Waals surface area contributed by atoms with Crippen LogP contribution in [0.15, 0.2) is 24.3 Å². The van der Waals surface area contributed by atoms with Crippen molar-refractivity contribution in [1.29, 1.82) is 0 Å². The molecule has 132 valence electrons. The molecule has 0 spiro atoms. The van der Waals surface area contributed by atoms with Crippen LogP contribution in [0.5, 0.6) is 0 Å². The monoisotopic (exact) mass is 334 g/mol. The lowest BCUT2D eigenvalue weighted by Crippen LogP contribution is -2.56. The number of piperazine rings is 1. The molecule has 1 heterocycles. The Kier molecular flexibility index (Phi) is 5.83. The van der Waals surface area contributed by atoms with Gasteiger partial charge in [-0.05, 0) is 52.0 Å². The van der Waals surface area contributed by atoms with Gasteiger partial charge in [0.1, 0.15) is 11.6 Å². The van der Waals surface area contributed by atoms with Crippen molar-refractivity contribution in [3.63, 3.8) is 0 Å². The Morgan fingerprint density at radius 2 is 1.92 bits per heavy atom. The molecule has 1 unspecified atom stereocenters. The van der Waals surface area contributed by atoms with Gasteiger partial charge in [-0.25, -0.2) is 9.59 Å². The molecule has 0 bridgehead atoms. The summed E-state index contributed by atoms with van der Waals surface area (Å²) < 4.78 is 10.5. The third kappa shape index (κ3) is 4.71. The Morgan fingerprint density at radius 1 is 1.25 bits per heavy atom. The van der Waals surface area contributed by atoms with Gasteiger partial charge in [-0.1, -0.05) is 0 Å². The van der Waals surface area contributed by atoms with Crippen molar-refractivity contribution >= 4 is 17.6 Å². The number of carbonyl (C=O) groups excluding carboxylic acids is 2. The molecule has 6 nitrogen and oxygen atoms in total. The zero-order valence-electron chi connectivity index (χ0n) is 14.8. The summed E-state index contributed by atoms with van der Waals surface area (Å²) >= 11 is 0. The molecule has 1 saturated heterocycles. The van der Waals surface area contributed by atoms with E-state index in [4.69, 9.17) is 9.47 Å². The lowest BCUT2D eigenvalue weighted by molar-refractivity contribution is -0.156. The number of carbonyl (C=O) groups is 2. The second-order valence-corrected chi connectivity index (χ2v) is 6.71. The molecule has 24 heavy (non-hydrogen) atoms. The van der Waals surface area contributed by atoms with Crippen molar-refractivity contribution in [3.8, 4) is 0 Å². The fraction of sp³-hybridized carbons (Fsp3) is 0.556. The van der Waals surface area contributed by atoms with Crippen molar-refractivity contribution in [2.75, 3.05) is 31.1 Å². The van der Waals surface area contributed by atoms with Gasteiger partial charge >= 0.3 is 11.9 Å². The minimum absolute atomic E-state index is 0.246. The number of hydrogen-bond acceptors (Lipinski definition) is 6.